The van der Waals surface area contributed by atoms with Crippen LogP contribution in [0.2, 0.25) is 0 Å². The highest BCUT2D eigenvalue weighted by Gasteiger charge is 2.12. The molecule has 0 unspecified atom stereocenters. The number of esters is 1. The van der Waals surface area contributed by atoms with E-state index in [9.17, 15) is 14.9 Å². The summed E-state index contributed by atoms with van der Waals surface area (Å²) in [4.78, 5) is 23.8. The van der Waals surface area contributed by atoms with Crippen LogP contribution < -0.4 is 14.4 Å². The maximum Gasteiger partial charge on any atom is 0.333 e. The van der Waals surface area contributed by atoms with Gasteiger partial charge >= 0.3 is 5.97 Å². The Hall–Kier alpha value is -5.13. The molecule has 12 heteroatoms. The maximum absolute atomic E-state index is 11.5. The molecule has 0 aromatic heterocycles. The van der Waals surface area contributed by atoms with Crippen LogP contribution in [0.15, 0.2) is 93.3 Å². The smallest absolute Gasteiger partial charge is 0.333 e. The number of nitro groups is 1. The van der Waals surface area contributed by atoms with Crippen molar-refractivity contribution in [1.29, 1.82) is 0 Å². The molecular weight excluding hydrogens is 504 g/mol. The van der Waals surface area contributed by atoms with Gasteiger partial charge in [0.1, 0.15) is 29.5 Å². The number of benzene rings is 3. The van der Waals surface area contributed by atoms with Crippen molar-refractivity contribution in [2.24, 2.45) is 20.5 Å². The van der Waals surface area contributed by atoms with Crippen LogP contribution in [0.25, 0.3) is 0 Å². The second kappa shape index (κ2) is 13.4. The van der Waals surface area contributed by atoms with Gasteiger partial charge in [0.05, 0.1) is 37.1 Å². The Kier molecular flexibility index (Phi) is 9.79. The Morgan fingerprint density at radius 1 is 0.897 bits per heavy atom. The fourth-order valence-electron chi connectivity index (χ4n) is 3.19. The monoisotopic (exact) mass is 532 g/mol. The van der Waals surface area contributed by atoms with E-state index in [4.69, 9.17) is 14.2 Å². The van der Waals surface area contributed by atoms with Crippen LogP contribution >= 0.6 is 0 Å². The molecule has 3 aromatic rings. The lowest BCUT2D eigenvalue weighted by molar-refractivity contribution is -0.384. The highest BCUT2D eigenvalue weighted by atomic mass is 16.6. The van der Waals surface area contributed by atoms with Crippen molar-refractivity contribution in [2.45, 2.75) is 6.92 Å². The number of hydrogen-bond acceptors (Lipinski definition) is 11. The summed E-state index contributed by atoms with van der Waals surface area (Å²) in [7, 11) is 4.88. The summed E-state index contributed by atoms with van der Waals surface area (Å²) >= 11 is 0. The molecule has 0 saturated carbocycles. The molecule has 0 fully saturated rings. The van der Waals surface area contributed by atoms with Crippen LogP contribution in [0.4, 0.5) is 34.1 Å². The van der Waals surface area contributed by atoms with Crippen LogP contribution in [0.1, 0.15) is 6.92 Å². The topological polar surface area (TPSA) is 141 Å². The molecule has 0 heterocycles. The quantitative estimate of drug-likeness (QED) is 0.0804. The molecule has 12 nitrogen and oxygen atoms in total. The van der Waals surface area contributed by atoms with Gasteiger partial charge in [0.25, 0.3) is 5.69 Å². The molecule has 0 atom stereocenters. The van der Waals surface area contributed by atoms with Crippen LogP contribution in [-0.2, 0) is 9.53 Å². The second-order valence-corrected chi connectivity index (χ2v) is 8.22. The van der Waals surface area contributed by atoms with Crippen molar-refractivity contribution < 1.29 is 23.9 Å². The highest BCUT2D eigenvalue weighted by molar-refractivity contribution is 5.86. The summed E-state index contributed by atoms with van der Waals surface area (Å²) in [6.45, 7) is 5.93. The summed E-state index contributed by atoms with van der Waals surface area (Å²) in [5, 5.41) is 27.7. The van der Waals surface area contributed by atoms with Crippen molar-refractivity contribution in [1.82, 2.24) is 0 Å². The van der Waals surface area contributed by atoms with Gasteiger partial charge in [-0.15, -0.1) is 10.2 Å². The molecule has 202 valence electrons. The Morgan fingerprint density at radius 2 is 1.38 bits per heavy atom. The molecule has 0 N–H and O–H groups in total. The number of carbonyl (C=O) groups excluding carboxylic acids is 1. The number of likely N-dealkylation sites (N-methyl/N-ethyl adjacent to an activating group) is 1. The number of nitrogens with zero attached hydrogens (tertiary/aromatic N) is 6. The number of ether oxygens (including phenoxy) is 3. The molecule has 0 bridgehead atoms. The molecular formula is C27H28N6O6. The van der Waals surface area contributed by atoms with Crippen molar-refractivity contribution in [2.75, 3.05) is 39.3 Å². The van der Waals surface area contributed by atoms with E-state index in [2.05, 4.69) is 27.0 Å². The summed E-state index contributed by atoms with van der Waals surface area (Å²) in [5.41, 5.74) is 3.10. The molecule has 0 aliphatic carbocycles. The van der Waals surface area contributed by atoms with E-state index >= 15 is 0 Å². The van der Waals surface area contributed by atoms with Crippen molar-refractivity contribution in [3.63, 3.8) is 0 Å². The average Bonchev–Trinajstić information content (AvgIpc) is 2.94. The second-order valence-electron chi connectivity index (χ2n) is 8.22. The molecule has 0 saturated heterocycles. The third-order valence-corrected chi connectivity index (χ3v) is 5.39. The number of azo groups is 2. The number of nitro benzene ring substituents is 1. The summed E-state index contributed by atoms with van der Waals surface area (Å²) in [6, 6.07) is 16.3. The molecule has 3 rings (SSSR count). The number of hydrogen-bond donors (Lipinski definition) is 0. The van der Waals surface area contributed by atoms with Crippen molar-refractivity contribution >= 4 is 40.1 Å². The fourth-order valence-corrected chi connectivity index (χ4v) is 3.19. The van der Waals surface area contributed by atoms with E-state index in [1.165, 1.54) is 38.5 Å². The van der Waals surface area contributed by atoms with Gasteiger partial charge in [-0.1, -0.05) is 6.58 Å². The first-order valence-corrected chi connectivity index (χ1v) is 11.7. The summed E-state index contributed by atoms with van der Waals surface area (Å²) < 4.78 is 16.0. The van der Waals surface area contributed by atoms with Gasteiger partial charge in [0, 0.05) is 42.6 Å². The van der Waals surface area contributed by atoms with Gasteiger partial charge in [-0.2, -0.15) is 10.2 Å². The number of rotatable bonds is 12. The van der Waals surface area contributed by atoms with Crippen LogP contribution in [-0.4, -0.2) is 45.3 Å². The van der Waals surface area contributed by atoms with Gasteiger partial charge < -0.3 is 19.1 Å². The zero-order chi connectivity index (χ0) is 28.4. The lowest BCUT2D eigenvalue weighted by Crippen LogP contribution is -2.23. The van der Waals surface area contributed by atoms with Crippen LogP contribution in [0.5, 0.6) is 11.5 Å². The number of methoxy groups -OCH3 is 2. The van der Waals surface area contributed by atoms with Gasteiger partial charge in [0.15, 0.2) is 0 Å². The van der Waals surface area contributed by atoms with Crippen molar-refractivity contribution in [3.8, 4) is 11.5 Å². The largest absolute Gasteiger partial charge is 0.494 e. The van der Waals surface area contributed by atoms with Crippen LogP contribution in [0.3, 0.4) is 0 Å². The first-order valence-electron chi connectivity index (χ1n) is 11.7. The predicted molar refractivity (Wildman–Crippen MR) is 146 cm³/mol. The molecule has 0 spiro atoms. The third kappa shape index (κ3) is 7.92. The first kappa shape index (κ1) is 28.4. The maximum atomic E-state index is 11.5. The lowest BCUT2D eigenvalue weighted by atomic mass is 10.2. The first-order chi connectivity index (χ1) is 18.7. The molecule has 0 aliphatic rings. The van der Waals surface area contributed by atoms with Gasteiger partial charge in [-0.05, 0) is 43.3 Å². The van der Waals surface area contributed by atoms with Crippen molar-refractivity contribution in [3.05, 3.63) is 82.9 Å². The normalized spacial score (nSPS) is 11.0. The molecule has 0 aliphatic heterocycles. The number of anilines is 1. The SMILES string of the molecule is C=C(C)C(=O)OCCN(C)c1ccc(/N=N/c2cc(OC)c(/N=N/c3ccc([N+](=O)[O-])cc3)cc2OC)cc1. The molecule has 3 aromatic carbocycles. The summed E-state index contributed by atoms with van der Waals surface area (Å²) in [5.74, 6) is 0.379. The van der Waals surface area contributed by atoms with E-state index in [0.717, 1.165) is 5.69 Å². The molecule has 39 heavy (non-hydrogen) atoms. The van der Waals surface area contributed by atoms with E-state index in [1.54, 1.807) is 19.1 Å². The standard InChI is InChI=1S/C27H28N6O6/c1-18(2)27(34)39-15-14-32(3)21-10-6-19(7-11-21)28-30-23-16-26(38-5)24(17-25(23)37-4)31-29-20-8-12-22(13-9-20)33(35)36/h6-13,16-17H,1,14-15H2,2-5H3/b30-28+,31-29+. The molecule has 0 amide bonds. The number of non-ortho nitro benzene ring substituents is 1. The van der Waals surface area contributed by atoms with Gasteiger partial charge in [0.2, 0.25) is 0 Å². The Labute approximate surface area is 225 Å². The van der Waals surface area contributed by atoms with E-state index < -0.39 is 10.9 Å². The fraction of sp³-hybridized carbons (Fsp3) is 0.222. The van der Waals surface area contributed by atoms with Gasteiger partial charge in [-0.25, -0.2) is 4.79 Å². The Balaban J connectivity index is 1.71. The zero-order valence-electron chi connectivity index (χ0n) is 22.0. The third-order valence-electron chi connectivity index (χ3n) is 5.39. The minimum absolute atomic E-state index is 0.0359. The minimum Gasteiger partial charge on any atom is -0.494 e. The summed E-state index contributed by atoms with van der Waals surface area (Å²) in [6.07, 6.45) is 0. The Morgan fingerprint density at radius 3 is 1.82 bits per heavy atom. The van der Waals surface area contributed by atoms with E-state index in [-0.39, 0.29) is 12.3 Å². The predicted octanol–water partition coefficient (Wildman–Crippen LogP) is 7.00. The Bertz CT molecular complexity index is 1390. The average molecular weight is 533 g/mol. The van der Waals surface area contributed by atoms with Crippen LogP contribution in [0, 0.1) is 10.1 Å². The highest BCUT2D eigenvalue weighted by Crippen LogP contribution is 2.41. The number of carbonyl (C=O) groups is 1. The minimum atomic E-state index is -0.484. The van der Waals surface area contributed by atoms with E-state index in [0.29, 0.717) is 46.4 Å². The van der Waals surface area contributed by atoms with Gasteiger partial charge in [-0.3, -0.25) is 10.1 Å². The lowest BCUT2D eigenvalue weighted by Gasteiger charge is -2.19. The van der Waals surface area contributed by atoms with E-state index in [1.807, 2.05) is 36.2 Å². The molecule has 0 radical (unpaired) electrons. The zero-order valence-corrected chi connectivity index (χ0v) is 22.0.